The molecule has 152 valence electrons. The molecule has 2 aromatic carbocycles. The Kier molecular flexibility index (Phi) is 6.28. The van der Waals surface area contributed by atoms with Crippen LogP contribution < -0.4 is 27.0 Å². The number of fused-ring (bicyclic) bond motifs is 1. The number of benzene rings is 2. The summed E-state index contributed by atoms with van der Waals surface area (Å²) in [4.78, 5) is 12.8. The van der Waals surface area contributed by atoms with Crippen molar-refractivity contribution in [2.75, 3.05) is 12.4 Å². The lowest BCUT2D eigenvalue weighted by atomic mass is 10.1. The highest BCUT2D eigenvalue weighted by atomic mass is 35.5. The zero-order chi connectivity index (χ0) is 19.7. The molecule has 0 aliphatic carbocycles. The second-order valence-electron chi connectivity index (χ2n) is 7.36. The Morgan fingerprint density at radius 2 is 1.83 bits per heavy atom. The van der Waals surface area contributed by atoms with E-state index in [1.54, 1.807) is 7.11 Å². The van der Waals surface area contributed by atoms with Gasteiger partial charge >= 0.3 is 0 Å². The van der Waals surface area contributed by atoms with Crippen LogP contribution in [-0.4, -0.2) is 17.6 Å². The molecule has 0 atom stereocenters. The summed E-state index contributed by atoms with van der Waals surface area (Å²) in [6.45, 7) is 5.35. The predicted molar refractivity (Wildman–Crippen MR) is 109 cm³/mol. The molecule has 1 amide bonds. The second-order valence-corrected chi connectivity index (χ2v) is 7.36. The lowest BCUT2D eigenvalue weighted by molar-refractivity contribution is -0.690. The summed E-state index contributed by atoms with van der Waals surface area (Å²) in [5.74, 6) is 2.06. The van der Waals surface area contributed by atoms with E-state index in [9.17, 15) is 4.79 Å². The first-order chi connectivity index (χ1) is 13.6. The fourth-order valence-electron chi connectivity index (χ4n) is 3.98. The number of ether oxygens (including phenoxy) is 1. The third-order valence-corrected chi connectivity index (χ3v) is 5.44. The van der Waals surface area contributed by atoms with Crippen molar-refractivity contribution >= 4 is 11.6 Å². The number of carbonyl (C=O) groups is 1. The summed E-state index contributed by atoms with van der Waals surface area (Å²) >= 11 is 0. The Hall–Kier alpha value is -2.79. The van der Waals surface area contributed by atoms with Crippen molar-refractivity contribution in [1.29, 1.82) is 0 Å². The molecule has 2 heterocycles. The minimum absolute atomic E-state index is 0. The van der Waals surface area contributed by atoms with Crippen LogP contribution in [0.1, 0.15) is 23.4 Å². The first kappa shape index (κ1) is 20.9. The Bertz CT molecular complexity index is 1010. The molecule has 0 bridgehead atoms. The van der Waals surface area contributed by atoms with E-state index >= 15 is 0 Å². The van der Waals surface area contributed by atoms with Crippen molar-refractivity contribution in [3.63, 3.8) is 0 Å². The number of methoxy groups -OCH3 is 1. The quantitative estimate of drug-likeness (QED) is 0.627. The van der Waals surface area contributed by atoms with Crippen LogP contribution in [0.15, 0.2) is 48.7 Å². The average Bonchev–Trinajstić information content (AvgIpc) is 3.29. The van der Waals surface area contributed by atoms with Crippen LogP contribution in [-0.2, 0) is 24.3 Å². The van der Waals surface area contributed by atoms with Gasteiger partial charge in [0.15, 0.2) is 12.2 Å². The Morgan fingerprint density at radius 3 is 2.48 bits per heavy atom. The fraction of sp³-hybridized carbons (Fsp3) is 0.304. The van der Waals surface area contributed by atoms with E-state index in [1.807, 2.05) is 44.2 Å². The topological polar surface area (TPSA) is 47.1 Å². The minimum atomic E-state index is 0. The van der Waals surface area contributed by atoms with E-state index < -0.39 is 0 Å². The van der Waals surface area contributed by atoms with Crippen LogP contribution in [0.4, 0.5) is 5.69 Å². The number of aryl methyl sites for hydroxylation is 2. The molecule has 4 rings (SSSR count). The molecule has 1 aliphatic rings. The molecule has 29 heavy (non-hydrogen) atoms. The van der Waals surface area contributed by atoms with Crippen LogP contribution in [0, 0.1) is 13.8 Å². The second kappa shape index (κ2) is 8.70. The van der Waals surface area contributed by atoms with Crippen molar-refractivity contribution in [3.05, 3.63) is 65.6 Å². The summed E-state index contributed by atoms with van der Waals surface area (Å²) in [7, 11) is 1.67. The van der Waals surface area contributed by atoms with Crippen molar-refractivity contribution in [1.82, 2.24) is 4.57 Å². The van der Waals surface area contributed by atoms with E-state index in [-0.39, 0.29) is 18.3 Å². The van der Waals surface area contributed by atoms with Crippen LogP contribution in [0.5, 0.6) is 5.75 Å². The van der Waals surface area contributed by atoms with E-state index in [4.69, 9.17) is 4.74 Å². The number of aromatic nitrogens is 2. The summed E-state index contributed by atoms with van der Waals surface area (Å²) in [5.41, 5.74) is 5.37. The van der Waals surface area contributed by atoms with E-state index in [1.165, 1.54) is 5.82 Å². The molecule has 1 N–H and O–H groups in total. The maximum Gasteiger partial charge on any atom is 0.266 e. The third-order valence-electron chi connectivity index (χ3n) is 5.44. The smallest absolute Gasteiger partial charge is 0.266 e. The first-order valence-electron chi connectivity index (χ1n) is 9.69. The summed E-state index contributed by atoms with van der Waals surface area (Å²) in [6, 6.07) is 14.1. The van der Waals surface area contributed by atoms with Crippen LogP contribution in [0.3, 0.4) is 0 Å². The van der Waals surface area contributed by atoms with Gasteiger partial charge in [-0.2, -0.15) is 0 Å². The van der Waals surface area contributed by atoms with Gasteiger partial charge in [0.25, 0.3) is 11.7 Å². The van der Waals surface area contributed by atoms with Gasteiger partial charge in [-0.15, -0.1) is 0 Å². The summed E-state index contributed by atoms with van der Waals surface area (Å²) < 4.78 is 9.69. The highest BCUT2D eigenvalue weighted by Crippen LogP contribution is 2.26. The van der Waals surface area contributed by atoms with Crippen LogP contribution in [0.2, 0.25) is 0 Å². The molecule has 5 nitrogen and oxygen atoms in total. The minimum Gasteiger partial charge on any atom is -1.00 e. The highest BCUT2D eigenvalue weighted by molar-refractivity contribution is 5.91. The number of hydrogen-bond donors (Lipinski definition) is 1. The predicted octanol–water partition coefficient (Wildman–Crippen LogP) is 0.657. The number of carbonyl (C=O) groups excluding carboxylic acids is 1. The van der Waals surface area contributed by atoms with Gasteiger partial charge in [-0.3, -0.25) is 4.79 Å². The van der Waals surface area contributed by atoms with Gasteiger partial charge in [0.05, 0.1) is 20.1 Å². The monoisotopic (exact) mass is 411 g/mol. The number of halogens is 1. The van der Waals surface area contributed by atoms with Crippen molar-refractivity contribution in [2.45, 2.75) is 39.8 Å². The molecule has 0 saturated heterocycles. The van der Waals surface area contributed by atoms with E-state index in [0.29, 0.717) is 6.54 Å². The zero-order valence-electron chi connectivity index (χ0n) is 17.0. The lowest BCUT2D eigenvalue weighted by Crippen LogP contribution is -3.00. The highest BCUT2D eigenvalue weighted by Gasteiger charge is 2.29. The normalized spacial score (nSPS) is 12.2. The Labute approximate surface area is 177 Å². The lowest BCUT2D eigenvalue weighted by Gasteiger charge is -2.10. The first-order valence-corrected chi connectivity index (χ1v) is 9.69. The molecule has 1 aliphatic heterocycles. The van der Waals surface area contributed by atoms with Gasteiger partial charge in [-0.05, 0) is 55.7 Å². The third kappa shape index (κ3) is 4.15. The average molecular weight is 412 g/mol. The van der Waals surface area contributed by atoms with E-state index in [2.05, 4.69) is 32.8 Å². The van der Waals surface area contributed by atoms with Crippen LogP contribution in [0.25, 0.3) is 11.3 Å². The summed E-state index contributed by atoms with van der Waals surface area (Å²) in [5, 5.41) is 3.10. The van der Waals surface area contributed by atoms with Gasteiger partial charge in [-0.1, -0.05) is 18.2 Å². The van der Waals surface area contributed by atoms with Crippen molar-refractivity contribution in [3.8, 4) is 17.0 Å². The standard InChI is InChI=1S/C23H25N3O2.ClH/c1-16-6-4-7-17(2)23(16)24-21(27)15-25-14-20(26-13-5-8-22(25)26)18-9-11-19(28-3)12-10-18;/h4,6-7,9-12,14H,5,8,13,15H2,1-3H3;1H. The van der Waals surface area contributed by atoms with Crippen LogP contribution >= 0.6 is 0 Å². The number of anilines is 1. The van der Waals surface area contributed by atoms with E-state index in [0.717, 1.165) is 53.2 Å². The number of amides is 1. The van der Waals surface area contributed by atoms with Crippen molar-refractivity contribution < 1.29 is 26.5 Å². The molecule has 0 radical (unpaired) electrons. The molecule has 0 fully saturated rings. The molecule has 0 spiro atoms. The molecular formula is C23H26ClN3O2. The number of para-hydroxylation sites is 1. The number of imidazole rings is 1. The molecule has 0 saturated carbocycles. The fourth-order valence-corrected chi connectivity index (χ4v) is 3.98. The van der Waals surface area contributed by atoms with Crippen molar-refractivity contribution in [2.24, 2.45) is 0 Å². The zero-order valence-corrected chi connectivity index (χ0v) is 17.8. The van der Waals surface area contributed by atoms with Gasteiger partial charge in [0, 0.05) is 11.3 Å². The SMILES string of the molecule is COc1ccc(-c2c[n+](CC(=O)Nc3c(C)cccc3C)c3n2CCC3)cc1.[Cl-]. The number of hydrogen-bond acceptors (Lipinski definition) is 2. The number of nitrogens with zero attached hydrogens (tertiary/aromatic N) is 2. The number of rotatable bonds is 5. The van der Waals surface area contributed by atoms with Gasteiger partial charge in [0.2, 0.25) is 0 Å². The molecule has 6 heteroatoms. The summed E-state index contributed by atoms with van der Waals surface area (Å²) in [6.07, 6.45) is 4.20. The largest absolute Gasteiger partial charge is 1.00 e. The Morgan fingerprint density at radius 1 is 1.14 bits per heavy atom. The van der Waals surface area contributed by atoms with Gasteiger partial charge < -0.3 is 22.5 Å². The molecule has 3 aromatic rings. The number of nitrogens with one attached hydrogen (secondary N) is 1. The molecule has 1 aromatic heterocycles. The maximum atomic E-state index is 12.8. The van der Waals surface area contributed by atoms with Gasteiger partial charge in [-0.25, -0.2) is 9.13 Å². The molecular weight excluding hydrogens is 386 g/mol. The Balaban J connectivity index is 0.00000240. The van der Waals surface area contributed by atoms with Gasteiger partial charge in [0.1, 0.15) is 11.9 Å². The maximum absolute atomic E-state index is 12.8. The molecule has 0 unspecified atom stereocenters.